The molecule has 1 aromatic carbocycles. The molecule has 0 heterocycles. The van der Waals surface area contributed by atoms with Crippen LogP contribution in [0.1, 0.15) is 39.2 Å². The number of hydrogen-bond acceptors (Lipinski definition) is 3. The molecule has 1 saturated carbocycles. The lowest BCUT2D eigenvalue weighted by Crippen LogP contribution is -2.18. The predicted molar refractivity (Wildman–Crippen MR) is 84.0 cm³/mol. The highest BCUT2D eigenvalue weighted by molar-refractivity contribution is 8.00. The molecule has 1 fully saturated rings. The van der Waals surface area contributed by atoms with Crippen LogP contribution in [0.5, 0.6) is 0 Å². The molecule has 0 saturated heterocycles. The van der Waals surface area contributed by atoms with E-state index in [9.17, 15) is 4.79 Å². The lowest BCUT2D eigenvalue weighted by atomic mass is 10.2. The number of nitrogens with two attached hydrogens (primary N) is 1. The second-order valence-corrected chi connectivity index (χ2v) is 5.49. The molecule has 3 N–H and O–H groups in total. The van der Waals surface area contributed by atoms with Crippen molar-refractivity contribution < 1.29 is 4.79 Å². The Kier molecular flexibility index (Phi) is 8.96. The second kappa shape index (κ2) is 9.62. The van der Waals surface area contributed by atoms with Gasteiger partial charge in [-0.2, -0.15) is 0 Å². The number of benzene rings is 1. The van der Waals surface area contributed by atoms with Crippen molar-refractivity contribution in [3.63, 3.8) is 0 Å². The molecule has 0 spiro atoms. The number of carbonyl (C=O) groups excluding carboxylic acids is 1. The maximum Gasteiger partial charge on any atom is 0.262 e. The maximum absolute atomic E-state index is 9.70. The van der Waals surface area contributed by atoms with E-state index in [-0.39, 0.29) is 5.71 Å². The van der Waals surface area contributed by atoms with Crippen molar-refractivity contribution >= 4 is 23.4 Å². The van der Waals surface area contributed by atoms with Gasteiger partial charge in [0.25, 0.3) is 5.91 Å². The summed E-state index contributed by atoms with van der Waals surface area (Å²) in [4.78, 5) is 11.1. The number of aryl methyl sites for hydroxylation is 1. The van der Waals surface area contributed by atoms with E-state index in [1.165, 1.54) is 30.2 Å². The Bertz CT molecular complexity index is 385. The first-order chi connectivity index (χ1) is 8.99. The van der Waals surface area contributed by atoms with Gasteiger partial charge in [0, 0.05) is 10.1 Å². The van der Waals surface area contributed by atoms with Crippen LogP contribution in [-0.2, 0) is 4.79 Å². The number of hydrogen-bond donors (Lipinski definition) is 2. The van der Waals surface area contributed by atoms with E-state index < -0.39 is 5.91 Å². The van der Waals surface area contributed by atoms with Crippen molar-refractivity contribution in [2.45, 2.75) is 50.7 Å². The summed E-state index contributed by atoms with van der Waals surface area (Å²) in [6.07, 6.45) is 2.83. The van der Waals surface area contributed by atoms with Gasteiger partial charge >= 0.3 is 0 Å². The molecule has 0 aromatic heterocycles. The fraction of sp³-hybridized carbons (Fsp3) is 0.467. The highest BCUT2D eigenvalue weighted by Gasteiger charge is 2.21. The highest BCUT2D eigenvalue weighted by Crippen LogP contribution is 2.38. The van der Waals surface area contributed by atoms with Crippen LogP contribution in [0, 0.1) is 12.3 Å². The summed E-state index contributed by atoms with van der Waals surface area (Å²) in [6, 6.07) is 8.81. The van der Waals surface area contributed by atoms with E-state index in [1.54, 1.807) is 0 Å². The van der Waals surface area contributed by atoms with Crippen LogP contribution in [0.25, 0.3) is 0 Å². The molecule has 0 aliphatic heterocycles. The first-order valence-electron chi connectivity index (χ1n) is 6.57. The van der Waals surface area contributed by atoms with Crippen LogP contribution in [0.3, 0.4) is 0 Å². The van der Waals surface area contributed by atoms with Crippen molar-refractivity contribution in [3.8, 4) is 0 Å². The smallest absolute Gasteiger partial charge is 0.262 e. The molecular formula is C15H24N2OS. The van der Waals surface area contributed by atoms with Gasteiger partial charge in [-0.05, 0) is 38.8 Å². The monoisotopic (exact) mass is 280 g/mol. The van der Waals surface area contributed by atoms with Crippen molar-refractivity contribution in [3.05, 3.63) is 29.8 Å². The van der Waals surface area contributed by atoms with Crippen molar-refractivity contribution in [1.82, 2.24) is 0 Å². The number of primary amides is 1. The third-order valence-corrected chi connectivity index (χ3v) is 3.57. The molecule has 0 atom stereocenters. The Balaban J connectivity index is 0.000000350. The zero-order valence-corrected chi connectivity index (χ0v) is 13.0. The summed E-state index contributed by atoms with van der Waals surface area (Å²) in [5.41, 5.74) is 5.82. The van der Waals surface area contributed by atoms with Crippen LogP contribution in [0.4, 0.5) is 0 Å². The van der Waals surface area contributed by atoms with Gasteiger partial charge in [0.05, 0.1) is 5.71 Å². The molecule has 0 unspecified atom stereocenters. The Morgan fingerprint density at radius 3 is 2.00 bits per heavy atom. The molecule has 0 radical (unpaired) electrons. The van der Waals surface area contributed by atoms with Gasteiger partial charge < -0.3 is 5.73 Å². The van der Waals surface area contributed by atoms with Crippen LogP contribution in [0.15, 0.2) is 29.2 Å². The average molecular weight is 280 g/mol. The van der Waals surface area contributed by atoms with Gasteiger partial charge in [0.2, 0.25) is 0 Å². The minimum absolute atomic E-state index is 0.102. The first kappa shape index (κ1) is 17.7. The summed E-state index contributed by atoms with van der Waals surface area (Å²) in [5.74, 6) is -0.657. The lowest BCUT2D eigenvalue weighted by molar-refractivity contribution is -0.112. The van der Waals surface area contributed by atoms with E-state index >= 15 is 0 Å². The molecule has 106 valence electrons. The van der Waals surface area contributed by atoms with E-state index in [0.29, 0.717) is 0 Å². The number of nitrogens with one attached hydrogen (secondary N) is 1. The third kappa shape index (κ3) is 9.31. The molecule has 3 nitrogen and oxygen atoms in total. The standard InChI is InChI=1S/C10H12S.C3H6N2O.C2H6/c1-8-2-4-9(5-3-8)11-10-6-7-10;1-2(4)3(5)6;1-2/h2-5,10H,6-7H2,1H3;4H,1H3,(H2,5,6);1-2H3. The zero-order chi connectivity index (χ0) is 14.8. The Morgan fingerprint density at radius 2 is 1.68 bits per heavy atom. The van der Waals surface area contributed by atoms with E-state index in [1.807, 2.05) is 25.6 Å². The summed E-state index contributed by atoms with van der Waals surface area (Å²) in [5, 5.41) is 7.40. The van der Waals surface area contributed by atoms with Gasteiger partial charge in [-0.1, -0.05) is 31.5 Å². The number of amides is 1. The lowest BCUT2D eigenvalue weighted by Gasteiger charge is -1.98. The van der Waals surface area contributed by atoms with Crippen molar-refractivity contribution in [2.75, 3.05) is 0 Å². The zero-order valence-electron chi connectivity index (χ0n) is 12.2. The first-order valence-corrected chi connectivity index (χ1v) is 7.45. The SMILES string of the molecule is CC.CC(=N)C(N)=O.Cc1ccc(SC2CC2)cc1. The van der Waals surface area contributed by atoms with E-state index in [0.717, 1.165) is 5.25 Å². The maximum atomic E-state index is 9.70. The molecule has 0 bridgehead atoms. The molecule has 2 rings (SSSR count). The van der Waals surface area contributed by atoms with Gasteiger partial charge in [0.15, 0.2) is 0 Å². The number of thioether (sulfide) groups is 1. The minimum Gasteiger partial charge on any atom is -0.365 e. The molecule has 1 aromatic rings. The molecule has 4 heteroatoms. The Labute approximate surface area is 120 Å². The quantitative estimate of drug-likeness (QED) is 0.827. The van der Waals surface area contributed by atoms with Gasteiger partial charge in [-0.3, -0.25) is 10.2 Å². The van der Waals surface area contributed by atoms with Gasteiger partial charge in [0.1, 0.15) is 0 Å². The third-order valence-electron chi connectivity index (χ3n) is 2.22. The van der Waals surface area contributed by atoms with E-state index in [4.69, 9.17) is 5.41 Å². The van der Waals surface area contributed by atoms with Crippen LogP contribution >= 0.6 is 11.8 Å². The molecular weight excluding hydrogens is 256 g/mol. The molecule has 1 aliphatic rings. The number of rotatable bonds is 3. The molecule has 1 amide bonds. The summed E-state index contributed by atoms with van der Waals surface area (Å²) < 4.78 is 0. The minimum atomic E-state index is -0.657. The van der Waals surface area contributed by atoms with E-state index in [2.05, 4.69) is 36.9 Å². The Hall–Kier alpha value is -1.29. The summed E-state index contributed by atoms with van der Waals surface area (Å²) in [6.45, 7) is 7.48. The Morgan fingerprint density at radius 1 is 1.26 bits per heavy atom. The van der Waals surface area contributed by atoms with Crippen LogP contribution in [-0.4, -0.2) is 16.9 Å². The van der Waals surface area contributed by atoms with Crippen LogP contribution < -0.4 is 5.73 Å². The molecule has 19 heavy (non-hydrogen) atoms. The fourth-order valence-corrected chi connectivity index (χ4v) is 2.05. The fourth-order valence-electron chi connectivity index (χ4n) is 0.995. The summed E-state index contributed by atoms with van der Waals surface area (Å²) in [7, 11) is 0. The predicted octanol–water partition coefficient (Wildman–Crippen LogP) is 3.79. The van der Waals surface area contributed by atoms with Crippen LogP contribution in [0.2, 0.25) is 0 Å². The topological polar surface area (TPSA) is 66.9 Å². The largest absolute Gasteiger partial charge is 0.365 e. The average Bonchev–Trinajstić information content (AvgIpc) is 3.19. The van der Waals surface area contributed by atoms with Crippen molar-refractivity contribution in [2.24, 2.45) is 5.73 Å². The summed E-state index contributed by atoms with van der Waals surface area (Å²) >= 11 is 2.02. The normalized spacial score (nSPS) is 12.4. The second-order valence-electron chi connectivity index (χ2n) is 4.12. The number of carbonyl (C=O) groups is 1. The highest BCUT2D eigenvalue weighted by atomic mass is 32.2. The van der Waals surface area contributed by atoms with Gasteiger partial charge in [-0.25, -0.2) is 0 Å². The van der Waals surface area contributed by atoms with Gasteiger partial charge in [-0.15, -0.1) is 11.8 Å². The molecule has 1 aliphatic carbocycles. The van der Waals surface area contributed by atoms with Crippen molar-refractivity contribution in [1.29, 1.82) is 5.41 Å².